The zero-order valence-corrected chi connectivity index (χ0v) is 23.2. The highest BCUT2D eigenvalue weighted by atomic mass is 32.1. The summed E-state index contributed by atoms with van der Waals surface area (Å²) < 4.78 is 0. The quantitative estimate of drug-likeness (QED) is 0.157. The van der Waals surface area contributed by atoms with Gasteiger partial charge in [0.2, 0.25) is 0 Å². The molecule has 4 heterocycles. The summed E-state index contributed by atoms with van der Waals surface area (Å²) in [5, 5.41) is 7.77. The number of nitrogens with two attached hydrogens (primary N) is 1. The van der Waals surface area contributed by atoms with E-state index in [1.807, 2.05) is 24.3 Å². The molecule has 0 aliphatic heterocycles. The molecule has 6 nitrogen and oxygen atoms in total. The van der Waals surface area contributed by atoms with Crippen molar-refractivity contribution in [1.29, 1.82) is 0 Å². The first-order chi connectivity index (χ1) is 18.5. The Hall–Kier alpha value is -3.88. The summed E-state index contributed by atoms with van der Waals surface area (Å²) >= 11 is 3.35. The average molecular weight is 537 g/mol. The summed E-state index contributed by atoms with van der Waals surface area (Å²) in [5.41, 5.74) is 14.4. The summed E-state index contributed by atoms with van der Waals surface area (Å²) in [6.45, 7) is 6.75. The van der Waals surface area contributed by atoms with Gasteiger partial charge in [0.1, 0.15) is 22.4 Å². The van der Waals surface area contributed by atoms with Gasteiger partial charge in [0.15, 0.2) is 0 Å². The van der Waals surface area contributed by atoms with Crippen LogP contribution in [0.3, 0.4) is 0 Å². The van der Waals surface area contributed by atoms with E-state index in [4.69, 9.17) is 25.7 Å². The van der Waals surface area contributed by atoms with Crippen molar-refractivity contribution in [3.63, 3.8) is 0 Å². The van der Waals surface area contributed by atoms with Crippen LogP contribution in [0.1, 0.15) is 39.2 Å². The summed E-state index contributed by atoms with van der Waals surface area (Å²) in [5.74, 6) is 0. The average Bonchev–Trinajstić information content (AvgIpc) is 3.68. The summed E-state index contributed by atoms with van der Waals surface area (Å²) in [6, 6.07) is 16.0. The molecule has 3 N–H and O–H groups in total. The Morgan fingerprint density at radius 2 is 1.34 bits per heavy atom. The van der Waals surface area contributed by atoms with Crippen molar-refractivity contribution in [2.24, 2.45) is 0 Å². The van der Waals surface area contributed by atoms with Gasteiger partial charge in [-0.3, -0.25) is 9.97 Å². The monoisotopic (exact) mass is 536 g/mol. The largest absolute Gasteiger partial charge is 0.399 e. The van der Waals surface area contributed by atoms with E-state index in [2.05, 4.69) is 61.1 Å². The molecule has 190 valence electrons. The van der Waals surface area contributed by atoms with Gasteiger partial charge in [0, 0.05) is 29.3 Å². The zero-order chi connectivity index (χ0) is 26.3. The molecule has 0 amide bonds. The van der Waals surface area contributed by atoms with E-state index in [9.17, 15) is 0 Å². The van der Waals surface area contributed by atoms with E-state index in [-0.39, 0.29) is 5.41 Å². The van der Waals surface area contributed by atoms with Gasteiger partial charge in [-0.25, -0.2) is 9.97 Å². The zero-order valence-electron chi connectivity index (χ0n) is 21.5. The molecule has 0 aliphatic rings. The Balaban J connectivity index is 1.78. The van der Waals surface area contributed by atoms with E-state index in [0.717, 1.165) is 73.0 Å². The van der Waals surface area contributed by atoms with Crippen LogP contribution >= 0.6 is 22.7 Å². The lowest BCUT2D eigenvalue weighted by molar-refractivity contribution is 0.444. The fraction of sp³-hybridized carbons (Fsp3) is 0.200. The minimum Gasteiger partial charge on any atom is -0.399 e. The molecule has 0 saturated carbocycles. The molecule has 8 heteroatoms. The van der Waals surface area contributed by atoms with Crippen LogP contribution in [-0.2, 0) is 5.41 Å². The molecular formula is C30H28N6S2. The number of anilines is 3. The standard InChI is InChI=1S/C30H28N6S2/c1-4-30(3,5-2)22-25-27(33-15-14-32-25)29(34-19-12-10-18(31)11-13-19)28-26(22)35-23(20-8-6-16-37-20)24(36-28)21-9-7-17-38-21/h6-17,34H,4-5,31H2,1-3H3. The predicted octanol–water partition coefficient (Wildman–Crippen LogP) is 8.43. The topological polar surface area (TPSA) is 89.6 Å². The third kappa shape index (κ3) is 4.10. The predicted molar refractivity (Wildman–Crippen MR) is 161 cm³/mol. The second kappa shape index (κ2) is 9.78. The number of nitrogens with zero attached hydrogens (tertiary/aromatic N) is 4. The van der Waals surface area contributed by atoms with Gasteiger partial charge in [-0.2, -0.15) is 0 Å². The first kappa shape index (κ1) is 24.5. The molecule has 0 atom stereocenters. The number of hydrogen-bond acceptors (Lipinski definition) is 8. The number of thiophene rings is 2. The third-order valence-corrected chi connectivity index (χ3v) is 9.15. The maximum atomic E-state index is 5.97. The normalized spacial score (nSPS) is 11.9. The van der Waals surface area contributed by atoms with Crippen LogP contribution in [-0.4, -0.2) is 19.9 Å². The van der Waals surface area contributed by atoms with Crippen molar-refractivity contribution < 1.29 is 0 Å². The molecule has 0 radical (unpaired) electrons. The highest BCUT2D eigenvalue weighted by molar-refractivity contribution is 7.14. The number of fused-ring (bicyclic) bond motifs is 2. The van der Waals surface area contributed by atoms with Gasteiger partial charge in [0.05, 0.1) is 26.5 Å². The highest BCUT2D eigenvalue weighted by Gasteiger charge is 2.32. The lowest BCUT2D eigenvalue weighted by Crippen LogP contribution is -2.22. The molecule has 0 bridgehead atoms. The second-order valence-corrected chi connectivity index (χ2v) is 11.5. The Morgan fingerprint density at radius 3 is 1.89 bits per heavy atom. The summed E-state index contributed by atoms with van der Waals surface area (Å²) in [7, 11) is 0. The number of nitrogen functional groups attached to an aromatic ring is 1. The van der Waals surface area contributed by atoms with Crippen molar-refractivity contribution in [3.8, 4) is 21.1 Å². The fourth-order valence-corrected chi connectivity index (χ4v) is 6.32. The molecule has 2 aromatic carbocycles. The van der Waals surface area contributed by atoms with E-state index in [0.29, 0.717) is 5.69 Å². The second-order valence-electron chi connectivity index (χ2n) is 9.59. The molecule has 0 fully saturated rings. The molecular weight excluding hydrogens is 509 g/mol. The van der Waals surface area contributed by atoms with Crippen LogP contribution in [0.2, 0.25) is 0 Å². The molecule has 38 heavy (non-hydrogen) atoms. The molecule has 0 aliphatic carbocycles. The van der Waals surface area contributed by atoms with Crippen LogP contribution in [0, 0.1) is 0 Å². The third-order valence-electron chi connectivity index (χ3n) is 7.39. The van der Waals surface area contributed by atoms with Gasteiger partial charge in [0.25, 0.3) is 0 Å². The van der Waals surface area contributed by atoms with Crippen molar-refractivity contribution in [1.82, 2.24) is 19.9 Å². The minimum absolute atomic E-state index is 0.155. The van der Waals surface area contributed by atoms with Gasteiger partial charge in [-0.15, -0.1) is 22.7 Å². The number of benzene rings is 2. The van der Waals surface area contributed by atoms with Crippen molar-refractivity contribution >= 4 is 61.8 Å². The molecule has 6 aromatic rings. The number of aromatic nitrogens is 4. The fourth-order valence-electron chi connectivity index (χ4n) is 4.89. The molecule has 0 saturated heterocycles. The molecule has 0 spiro atoms. The van der Waals surface area contributed by atoms with Crippen molar-refractivity contribution in [3.05, 3.63) is 77.2 Å². The van der Waals surface area contributed by atoms with E-state index in [1.165, 1.54) is 0 Å². The molecule has 6 rings (SSSR count). The number of rotatable bonds is 7. The van der Waals surface area contributed by atoms with Gasteiger partial charge in [-0.05, 0) is 65.4 Å². The Morgan fingerprint density at radius 1 is 0.763 bits per heavy atom. The van der Waals surface area contributed by atoms with E-state index >= 15 is 0 Å². The first-order valence-electron chi connectivity index (χ1n) is 12.7. The smallest absolute Gasteiger partial charge is 0.116 e. The lowest BCUT2D eigenvalue weighted by Gasteiger charge is -2.30. The molecule has 4 aromatic heterocycles. The number of hydrogen-bond donors (Lipinski definition) is 2. The van der Waals surface area contributed by atoms with Crippen molar-refractivity contribution in [2.45, 2.75) is 39.0 Å². The Bertz CT molecular complexity index is 1720. The number of nitrogens with one attached hydrogen (secondary N) is 1. The highest BCUT2D eigenvalue weighted by Crippen LogP contribution is 2.45. The van der Waals surface area contributed by atoms with Crippen LogP contribution in [0.5, 0.6) is 0 Å². The van der Waals surface area contributed by atoms with E-state index in [1.54, 1.807) is 35.1 Å². The molecule has 0 unspecified atom stereocenters. The van der Waals surface area contributed by atoms with Crippen LogP contribution in [0.4, 0.5) is 17.1 Å². The Labute approximate surface area is 229 Å². The maximum absolute atomic E-state index is 5.97. The van der Waals surface area contributed by atoms with Crippen LogP contribution < -0.4 is 11.1 Å². The van der Waals surface area contributed by atoms with E-state index < -0.39 is 0 Å². The lowest BCUT2D eigenvalue weighted by atomic mass is 9.76. The summed E-state index contributed by atoms with van der Waals surface area (Å²) in [4.78, 5) is 22.7. The summed E-state index contributed by atoms with van der Waals surface area (Å²) in [6.07, 6.45) is 5.40. The SMILES string of the molecule is CCC(C)(CC)c1c2nccnc2c(Nc2ccc(N)cc2)c2nc(-c3cccs3)c(-c3cccs3)nc12. The first-order valence-corrected chi connectivity index (χ1v) is 14.5. The van der Waals surface area contributed by atoms with Gasteiger partial charge in [-0.1, -0.05) is 32.9 Å². The van der Waals surface area contributed by atoms with Crippen molar-refractivity contribution in [2.75, 3.05) is 11.1 Å². The minimum atomic E-state index is -0.155. The van der Waals surface area contributed by atoms with Gasteiger partial charge < -0.3 is 11.1 Å². The van der Waals surface area contributed by atoms with Crippen LogP contribution in [0.15, 0.2) is 71.7 Å². The van der Waals surface area contributed by atoms with Gasteiger partial charge >= 0.3 is 0 Å². The van der Waals surface area contributed by atoms with Crippen LogP contribution in [0.25, 0.3) is 43.2 Å². The Kier molecular flexibility index (Phi) is 6.29. The maximum Gasteiger partial charge on any atom is 0.116 e.